The molecule has 0 unspecified atom stereocenters. The van der Waals surface area contributed by atoms with Crippen LogP contribution in [-0.4, -0.2) is 73.0 Å². The molecule has 2 aromatic rings. The van der Waals surface area contributed by atoms with E-state index in [-0.39, 0.29) is 5.84 Å². The van der Waals surface area contributed by atoms with E-state index in [1.165, 1.54) is 11.8 Å². The summed E-state index contributed by atoms with van der Waals surface area (Å²) < 4.78 is 85.7. The molecule has 0 radical (unpaired) electrons. The molecule has 0 aliphatic carbocycles. The van der Waals surface area contributed by atoms with Crippen LogP contribution in [0.15, 0.2) is 63.3 Å². The highest BCUT2D eigenvalue weighted by molar-refractivity contribution is 7.99. The Morgan fingerprint density at radius 3 is 2.67 bits per heavy atom. The number of hydrogen-bond donors (Lipinski definition) is 1. The van der Waals surface area contributed by atoms with E-state index in [4.69, 9.17) is 18.4 Å². The SMILES string of the molecule is [2H]C([2H])(COC([2H])([2H])C([2H])([2H])O)N1CC([2H])([2H])N(C2=Nc3ccccc3Sc3ccccc32)C([2H])([2H])C1. The van der Waals surface area contributed by atoms with Crippen LogP contribution in [-0.2, 0) is 4.74 Å². The maximum Gasteiger partial charge on any atom is 0.137 e. The molecule has 27 heavy (non-hydrogen) atoms. The average molecular weight is 394 g/mol. The third-order valence-electron chi connectivity index (χ3n) is 3.97. The van der Waals surface area contributed by atoms with Crippen molar-refractivity contribution < 1.29 is 23.6 Å². The highest BCUT2D eigenvalue weighted by atomic mass is 32.2. The van der Waals surface area contributed by atoms with Gasteiger partial charge >= 0.3 is 0 Å². The zero-order valence-electron chi connectivity index (χ0n) is 24.3. The van der Waals surface area contributed by atoms with Gasteiger partial charge in [-0.15, -0.1) is 0 Å². The van der Waals surface area contributed by atoms with E-state index in [1.54, 1.807) is 24.3 Å². The number of rotatable bonds is 5. The normalized spacial score (nSPS) is 27.9. The number of para-hydroxylation sites is 1. The van der Waals surface area contributed by atoms with Gasteiger partial charge in [-0.25, -0.2) is 4.99 Å². The smallest absolute Gasteiger partial charge is 0.137 e. The van der Waals surface area contributed by atoms with Crippen LogP contribution >= 0.6 is 11.8 Å². The third kappa shape index (κ3) is 4.35. The summed E-state index contributed by atoms with van der Waals surface area (Å²) in [5.41, 5.74) is 1.06. The number of amidine groups is 1. The summed E-state index contributed by atoms with van der Waals surface area (Å²) >= 11 is 1.43. The van der Waals surface area contributed by atoms with Crippen molar-refractivity contribution in [3.8, 4) is 0 Å². The third-order valence-corrected chi connectivity index (χ3v) is 5.11. The molecular formula is C21H25N3O2S. The second kappa shape index (κ2) is 8.89. The Kier molecular flexibility index (Phi) is 3.31. The van der Waals surface area contributed by atoms with Crippen molar-refractivity contribution in [1.29, 1.82) is 0 Å². The first-order valence-electron chi connectivity index (χ1n) is 13.3. The van der Waals surface area contributed by atoms with Crippen LogP contribution in [0.4, 0.5) is 5.69 Å². The molecule has 1 fully saturated rings. The van der Waals surface area contributed by atoms with Gasteiger partial charge in [-0.1, -0.05) is 42.1 Å². The number of fused-ring (bicyclic) bond motifs is 2. The number of ether oxygens (including phenoxy) is 1. The number of benzene rings is 2. The molecule has 2 aliphatic rings. The fourth-order valence-corrected chi connectivity index (χ4v) is 3.73. The molecule has 0 amide bonds. The molecule has 0 atom stereocenters. The molecule has 0 bridgehead atoms. The summed E-state index contributed by atoms with van der Waals surface area (Å²) in [6, 6.07) is 14.4. The predicted molar refractivity (Wildman–Crippen MR) is 109 cm³/mol. The maximum absolute atomic E-state index is 9.33. The van der Waals surface area contributed by atoms with Gasteiger partial charge in [0.1, 0.15) is 5.84 Å². The summed E-state index contributed by atoms with van der Waals surface area (Å²) in [7, 11) is 0. The molecular weight excluding hydrogens is 358 g/mol. The monoisotopic (exact) mass is 393 g/mol. The minimum atomic E-state index is -3.41. The Labute approximate surface area is 178 Å². The number of nitrogens with zero attached hydrogens (tertiary/aromatic N) is 3. The Morgan fingerprint density at radius 1 is 1.11 bits per heavy atom. The maximum atomic E-state index is 9.33. The Morgan fingerprint density at radius 2 is 1.85 bits per heavy atom. The van der Waals surface area contributed by atoms with E-state index in [0.29, 0.717) is 11.3 Å². The predicted octanol–water partition coefficient (Wildman–Crippen LogP) is 2.86. The standard InChI is InChI=1S/C21H25N3O2S/c25-14-16-26-15-13-23-9-11-24(12-10-23)21-17-5-1-3-7-19(17)27-20-8-4-2-6-18(20)22-21/h1-8,25H,9-16H2/i11D2,12D2,13D2,14D2,16D2. The number of aliphatic imine (C=N–C) groups is 1. The molecule has 142 valence electrons. The minimum absolute atomic E-state index is 0.0596. The number of hydrogen-bond acceptors (Lipinski definition) is 6. The van der Waals surface area contributed by atoms with Crippen LogP contribution in [0.25, 0.3) is 0 Å². The summed E-state index contributed by atoms with van der Waals surface area (Å²) in [4.78, 5) is 8.00. The van der Waals surface area contributed by atoms with Crippen LogP contribution in [0.5, 0.6) is 0 Å². The Balaban J connectivity index is 1.69. The molecule has 0 spiro atoms. The van der Waals surface area contributed by atoms with Gasteiger partial charge in [0.05, 0.1) is 36.4 Å². The second-order valence-electron chi connectivity index (χ2n) is 5.67. The number of piperazine rings is 1. The molecule has 2 heterocycles. The molecule has 0 saturated carbocycles. The second-order valence-corrected chi connectivity index (χ2v) is 6.75. The van der Waals surface area contributed by atoms with Gasteiger partial charge in [-0.3, -0.25) is 4.90 Å². The lowest BCUT2D eigenvalue weighted by Gasteiger charge is -2.36. The van der Waals surface area contributed by atoms with E-state index in [9.17, 15) is 5.11 Å². The van der Waals surface area contributed by atoms with Crippen LogP contribution in [0.1, 0.15) is 19.3 Å². The zero-order valence-corrected chi connectivity index (χ0v) is 15.2. The van der Waals surface area contributed by atoms with Gasteiger partial charge in [0.2, 0.25) is 0 Å². The van der Waals surface area contributed by atoms with Crippen molar-refractivity contribution in [2.24, 2.45) is 4.99 Å². The Bertz CT molecular complexity index is 1190. The molecule has 2 aromatic carbocycles. The summed E-state index contributed by atoms with van der Waals surface area (Å²) in [5.74, 6) is 0.0596. The lowest BCUT2D eigenvalue weighted by Crippen LogP contribution is -2.49. The zero-order chi connectivity index (χ0) is 27.4. The van der Waals surface area contributed by atoms with E-state index < -0.39 is 52.3 Å². The summed E-state index contributed by atoms with van der Waals surface area (Å²) in [6.07, 6.45) is 0. The van der Waals surface area contributed by atoms with Crippen molar-refractivity contribution in [1.82, 2.24) is 9.80 Å². The number of aliphatic hydroxyl groups is 1. The minimum Gasteiger partial charge on any atom is -0.394 e. The van der Waals surface area contributed by atoms with Gasteiger partial charge in [0, 0.05) is 50.7 Å². The van der Waals surface area contributed by atoms with Crippen LogP contribution in [0.3, 0.4) is 0 Å². The largest absolute Gasteiger partial charge is 0.394 e. The lowest BCUT2D eigenvalue weighted by atomic mass is 10.1. The van der Waals surface area contributed by atoms with Crippen LogP contribution in [0.2, 0.25) is 0 Å². The van der Waals surface area contributed by atoms with Crippen LogP contribution < -0.4 is 0 Å². The first kappa shape index (κ1) is 10.1. The van der Waals surface area contributed by atoms with Crippen molar-refractivity contribution in [3.63, 3.8) is 0 Å². The van der Waals surface area contributed by atoms with Gasteiger partial charge in [-0.2, -0.15) is 0 Å². The Hall–Kier alpha value is -1.86. The van der Waals surface area contributed by atoms with E-state index in [2.05, 4.69) is 4.99 Å². The van der Waals surface area contributed by atoms with Crippen molar-refractivity contribution in [2.45, 2.75) is 9.79 Å². The molecule has 0 aromatic heterocycles. The van der Waals surface area contributed by atoms with Gasteiger partial charge in [-0.05, 0) is 18.2 Å². The van der Waals surface area contributed by atoms with Crippen molar-refractivity contribution in [3.05, 3.63) is 54.1 Å². The molecule has 1 N–H and O–H groups in total. The highest BCUT2D eigenvalue weighted by Crippen LogP contribution is 2.40. The van der Waals surface area contributed by atoms with E-state index in [0.717, 1.165) is 19.6 Å². The average Bonchev–Trinajstić information content (AvgIpc) is 2.92. The van der Waals surface area contributed by atoms with Gasteiger partial charge in [0.25, 0.3) is 0 Å². The molecule has 4 rings (SSSR count). The fraction of sp³-hybridized carbons (Fsp3) is 0.381. The van der Waals surface area contributed by atoms with Gasteiger partial charge in [0.15, 0.2) is 0 Å². The van der Waals surface area contributed by atoms with Gasteiger partial charge < -0.3 is 14.7 Å². The molecule has 2 aliphatic heterocycles. The molecule has 5 nitrogen and oxygen atoms in total. The summed E-state index contributed by atoms with van der Waals surface area (Å²) in [5, 5.41) is 9.33. The quantitative estimate of drug-likeness (QED) is 0.846. The van der Waals surface area contributed by atoms with Crippen molar-refractivity contribution in [2.75, 3.05) is 52.3 Å². The first-order valence-corrected chi connectivity index (χ1v) is 9.13. The fourth-order valence-electron chi connectivity index (χ4n) is 2.72. The lowest BCUT2D eigenvalue weighted by molar-refractivity contribution is 0.0652. The van der Waals surface area contributed by atoms with E-state index >= 15 is 0 Å². The van der Waals surface area contributed by atoms with Crippen molar-refractivity contribution >= 4 is 23.3 Å². The van der Waals surface area contributed by atoms with Crippen LogP contribution in [0, 0.1) is 0 Å². The van der Waals surface area contributed by atoms with E-state index in [1.807, 2.05) is 24.3 Å². The molecule has 6 heteroatoms. The molecule has 1 saturated heterocycles. The highest BCUT2D eigenvalue weighted by Gasteiger charge is 2.24. The first-order chi connectivity index (χ1) is 16.9. The summed E-state index contributed by atoms with van der Waals surface area (Å²) in [6.45, 7) is -16.6. The topological polar surface area (TPSA) is 48.3 Å².